The van der Waals surface area contributed by atoms with Crippen molar-refractivity contribution < 1.29 is 23.1 Å². The maximum Gasteiger partial charge on any atom is 0.317 e. The number of ether oxygens (including phenoxy) is 1. The van der Waals surface area contributed by atoms with Gasteiger partial charge in [0.2, 0.25) is 0 Å². The molecule has 0 spiro atoms. The highest BCUT2D eigenvalue weighted by molar-refractivity contribution is 7.99. The Labute approximate surface area is 179 Å². The van der Waals surface area contributed by atoms with Crippen LogP contribution >= 0.6 is 23.1 Å². The van der Waals surface area contributed by atoms with E-state index in [1.54, 1.807) is 11.3 Å². The molecule has 0 aliphatic heterocycles. The third-order valence-electron chi connectivity index (χ3n) is 3.96. The van der Waals surface area contributed by atoms with E-state index in [2.05, 4.69) is 15.5 Å². The van der Waals surface area contributed by atoms with E-state index < -0.39 is 29.6 Å². The minimum Gasteiger partial charge on any atom is -0.452 e. The monoisotopic (exact) mass is 452 g/mol. The molecule has 158 valence electrons. The third kappa shape index (κ3) is 5.22. The molecule has 1 unspecified atom stereocenters. The Balaban J connectivity index is 1.55. The number of carbonyl (C=O) groups is 2. The van der Waals surface area contributed by atoms with Crippen molar-refractivity contribution in [2.24, 2.45) is 0 Å². The van der Waals surface area contributed by atoms with Gasteiger partial charge < -0.3 is 14.6 Å². The quantitative estimate of drug-likeness (QED) is 0.411. The van der Waals surface area contributed by atoms with Gasteiger partial charge in [0.1, 0.15) is 11.6 Å². The molecular formula is C19H18F2N4O3S2. The highest BCUT2D eigenvalue weighted by atomic mass is 32.2. The largest absolute Gasteiger partial charge is 0.452 e. The van der Waals surface area contributed by atoms with Crippen molar-refractivity contribution in [3.8, 4) is 10.7 Å². The average molecular weight is 453 g/mol. The van der Waals surface area contributed by atoms with E-state index in [4.69, 9.17) is 4.74 Å². The lowest BCUT2D eigenvalue weighted by atomic mass is 10.2. The van der Waals surface area contributed by atoms with Gasteiger partial charge in [0.25, 0.3) is 5.91 Å². The Hall–Kier alpha value is -2.79. The summed E-state index contributed by atoms with van der Waals surface area (Å²) in [6.45, 7) is 3.94. The molecule has 0 aliphatic carbocycles. The molecule has 1 N–H and O–H groups in total. The standard InChI is InChI=1S/C19H18F2N4O3S2/c1-3-25-17(15-5-4-8-29-15)23-24-19(25)30-10-16(26)28-11(2)18(27)22-14-7-6-12(20)9-13(14)21/h4-9,11H,3,10H2,1-2H3,(H,22,27). The molecule has 0 saturated carbocycles. The predicted molar refractivity (Wildman–Crippen MR) is 110 cm³/mol. The molecule has 30 heavy (non-hydrogen) atoms. The molecule has 7 nitrogen and oxygen atoms in total. The number of thiophene rings is 1. The summed E-state index contributed by atoms with van der Waals surface area (Å²) in [5, 5.41) is 13.1. The third-order valence-corrected chi connectivity index (χ3v) is 5.77. The van der Waals surface area contributed by atoms with Crippen molar-refractivity contribution in [2.75, 3.05) is 11.1 Å². The number of esters is 1. The molecule has 0 bridgehead atoms. The second kappa shape index (κ2) is 9.81. The van der Waals surface area contributed by atoms with E-state index in [-0.39, 0.29) is 11.4 Å². The molecule has 0 radical (unpaired) electrons. The first kappa shape index (κ1) is 21.9. The van der Waals surface area contributed by atoms with Gasteiger partial charge in [-0.2, -0.15) is 0 Å². The number of thioether (sulfide) groups is 1. The zero-order valence-corrected chi connectivity index (χ0v) is 17.7. The molecule has 1 amide bonds. The number of hydrogen-bond acceptors (Lipinski definition) is 7. The minimum absolute atomic E-state index is 0.0783. The van der Waals surface area contributed by atoms with E-state index in [0.29, 0.717) is 17.8 Å². The Bertz CT molecular complexity index is 1040. The maximum atomic E-state index is 13.6. The Morgan fingerprint density at radius 2 is 2.10 bits per heavy atom. The number of benzene rings is 1. The summed E-state index contributed by atoms with van der Waals surface area (Å²) < 4.78 is 33.6. The van der Waals surface area contributed by atoms with Crippen LogP contribution in [0, 0.1) is 11.6 Å². The number of halogens is 2. The number of anilines is 1. The first-order valence-electron chi connectivity index (χ1n) is 8.94. The highest BCUT2D eigenvalue weighted by Crippen LogP contribution is 2.27. The van der Waals surface area contributed by atoms with Crippen LogP contribution in [0.25, 0.3) is 10.7 Å². The molecule has 1 aromatic carbocycles. The first-order chi connectivity index (χ1) is 14.4. The van der Waals surface area contributed by atoms with Crippen LogP contribution in [0.2, 0.25) is 0 Å². The average Bonchev–Trinajstić information content (AvgIpc) is 3.37. The van der Waals surface area contributed by atoms with Gasteiger partial charge >= 0.3 is 5.97 Å². The molecule has 3 rings (SSSR count). The van der Waals surface area contributed by atoms with Gasteiger partial charge in [-0.05, 0) is 37.4 Å². The summed E-state index contributed by atoms with van der Waals surface area (Å²) in [4.78, 5) is 25.2. The molecule has 0 fully saturated rings. The number of amides is 1. The van der Waals surface area contributed by atoms with E-state index in [9.17, 15) is 18.4 Å². The topological polar surface area (TPSA) is 86.1 Å². The summed E-state index contributed by atoms with van der Waals surface area (Å²) in [6, 6.07) is 6.62. The normalized spacial score (nSPS) is 11.9. The van der Waals surface area contributed by atoms with Gasteiger partial charge in [0.15, 0.2) is 17.1 Å². The van der Waals surface area contributed by atoms with Crippen LogP contribution in [0.5, 0.6) is 0 Å². The van der Waals surface area contributed by atoms with Gasteiger partial charge in [-0.1, -0.05) is 17.8 Å². The van der Waals surface area contributed by atoms with Crippen molar-refractivity contribution in [3.63, 3.8) is 0 Å². The fraction of sp³-hybridized carbons (Fsp3) is 0.263. The zero-order valence-electron chi connectivity index (χ0n) is 16.1. The van der Waals surface area contributed by atoms with E-state index >= 15 is 0 Å². The maximum absolute atomic E-state index is 13.6. The van der Waals surface area contributed by atoms with Gasteiger partial charge in [-0.15, -0.1) is 21.5 Å². The van der Waals surface area contributed by atoms with Crippen molar-refractivity contribution in [2.45, 2.75) is 31.7 Å². The first-order valence-corrected chi connectivity index (χ1v) is 10.8. The smallest absolute Gasteiger partial charge is 0.317 e. The van der Waals surface area contributed by atoms with Gasteiger partial charge in [-0.25, -0.2) is 8.78 Å². The van der Waals surface area contributed by atoms with Crippen LogP contribution in [0.15, 0.2) is 40.9 Å². The molecule has 11 heteroatoms. The van der Waals surface area contributed by atoms with Crippen molar-refractivity contribution >= 4 is 40.7 Å². The molecule has 2 heterocycles. The van der Waals surface area contributed by atoms with Crippen molar-refractivity contribution in [3.05, 3.63) is 47.3 Å². The van der Waals surface area contributed by atoms with Crippen LogP contribution in [0.4, 0.5) is 14.5 Å². The molecule has 0 aliphatic rings. The molecular weight excluding hydrogens is 434 g/mol. The van der Waals surface area contributed by atoms with Crippen molar-refractivity contribution in [1.82, 2.24) is 14.8 Å². The molecule has 2 aromatic heterocycles. The summed E-state index contributed by atoms with van der Waals surface area (Å²) in [6.07, 6.45) is -1.16. The number of aromatic nitrogens is 3. The second-order valence-electron chi connectivity index (χ2n) is 6.06. The fourth-order valence-electron chi connectivity index (χ4n) is 2.50. The number of hydrogen-bond donors (Lipinski definition) is 1. The lowest BCUT2D eigenvalue weighted by Crippen LogP contribution is -2.30. The summed E-state index contributed by atoms with van der Waals surface area (Å²) in [7, 11) is 0. The lowest BCUT2D eigenvalue weighted by Gasteiger charge is -2.14. The van der Waals surface area contributed by atoms with Gasteiger partial charge in [0, 0.05) is 12.6 Å². The SMILES string of the molecule is CCn1c(SCC(=O)OC(C)C(=O)Nc2ccc(F)cc2F)nnc1-c1cccs1. The Morgan fingerprint density at radius 3 is 2.77 bits per heavy atom. The number of nitrogens with zero attached hydrogens (tertiary/aromatic N) is 3. The Kier molecular flexibility index (Phi) is 7.16. The van der Waals surface area contributed by atoms with Gasteiger partial charge in [0.05, 0.1) is 16.3 Å². The minimum atomic E-state index is -1.16. The highest BCUT2D eigenvalue weighted by Gasteiger charge is 2.21. The lowest BCUT2D eigenvalue weighted by molar-refractivity contribution is -0.150. The number of carbonyl (C=O) groups excluding carboxylic acids is 2. The summed E-state index contributed by atoms with van der Waals surface area (Å²) in [5.41, 5.74) is -0.198. The Morgan fingerprint density at radius 1 is 1.30 bits per heavy atom. The van der Waals surface area contributed by atoms with Crippen molar-refractivity contribution in [1.29, 1.82) is 0 Å². The van der Waals surface area contributed by atoms with Gasteiger partial charge in [-0.3, -0.25) is 9.59 Å². The van der Waals surface area contributed by atoms with E-state index in [1.807, 2.05) is 29.0 Å². The zero-order chi connectivity index (χ0) is 21.7. The number of nitrogens with one attached hydrogen (secondary N) is 1. The van der Waals surface area contributed by atoms with Crippen LogP contribution in [-0.4, -0.2) is 38.5 Å². The van der Waals surface area contributed by atoms with Crippen LogP contribution in [-0.2, 0) is 20.9 Å². The summed E-state index contributed by atoms with van der Waals surface area (Å²) >= 11 is 2.69. The predicted octanol–water partition coefficient (Wildman–Crippen LogP) is 3.97. The number of rotatable bonds is 8. The second-order valence-corrected chi connectivity index (χ2v) is 7.95. The van der Waals surface area contributed by atoms with Crippen LogP contribution in [0.1, 0.15) is 13.8 Å². The van der Waals surface area contributed by atoms with E-state index in [0.717, 1.165) is 34.6 Å². The van der Waals surface area contributed by atoms with E-state index in [1.165, 1.54) is 6.92 Å². The molecule has 3 aromatic rings. The van der Waals surface area contributed by atoms with Crippen LogP contribution in [0.3, 0.4) is 0 Å². The molecule has 1 atom stereocenters. The fourth-order valence-corrected chi connectivity index (χ4v) is 4.00. The van der Waals surface area contributed by atoms with Crippen LogP contribution < -0.4 is 5.32 Å². The molecule has 0 saturated heterocycles. The summed E-state index contributed by atoms with van der Waals surface area (Å²) in [5.74, 6) is -2.40.